The summed E-state index contributed by atoms with van der Waals surface area (Å²) in [7, 11) is 0. The highest BCUT2D eigenvalue weighted by molar-refractivity contribution is 7.10. The standard InChI is InChI=1S/C18H17N3O3S.C10H8N2O3.C8H11NOS.2ClH/c22-16-7-13-6-12(8-19-18(13)20-16)3-4-17(23)21-9-14(10-21)24-11-15-2-1-5-25-15;13-8-4-7-3-6(1-2-9(14)15)5-11-10(7)12-8;1-2-8(11-3-1)6-10-7-4-9-5-7;;/h1-6,8,14H,7,9-11H2,(H,19,20,22);1-3,5H,4H2,(H,14,15)(H,11,12,13);1-3,7,9H,4-6H2;2*1H/b4-3+;2-1+;;;. The second kappa shape index (κ2) is 20.1. The van der Waals surface area contributed by atoms with E-state index >= 15 is 0 Å². The molecule has 4 N–H and O–H groups in total. The van der Waals surface area contributed by atoms with Gasteiger partial charge in [-0.3, -0.25) is 14.4 Å². The van der Waals surface area contributed by atoms with Crippen LogP contribution >= 0.6 is 47.5 Å². The Morgan fingerprint density at radius 3 is 1.77 bits per heavy atom. The van der Waals surface area contributed by atoms with E-state index in [1.807, 2.05) is 23.6 Å². The van der Waals surface area contributed by atoms with Gasteiger partial charge in [-0.1, -0.05) is 12.1 Å². The fourth-order valence-corrected chi connectivity index (χ4v) is 6.42. The first-order valence-electron chi connectivity index (χ1n) is 16.2. The van der Waals surface area contributed by atoms with E-state index in [4.69, 9.17) is 14.6 Å². The molecule has 0 spiro atoms. The molecule has 0 saturated carbocycles. The van der Waals surface area contributed by atoms with Crippen molar-refractivity contribution in [2.24, 2.45) is 0 Å². The molecule has 0 radical (unpaired) electrons. The summed E-state index contributed by atoms with van der Waals surface area (Å²) in [5.41, 5.74) is 3.15. The summed E-state index contributed by atoms with van der Waals surface area (Å²) in [6, 6.07) is 11.8. The van der Waals surface area contributed by atoms with Gasteiger partial charge in [-0.25, -0.2) is 14.8 Å². The summed E-state index contributed by atoms with van der Waals surface area (Å²) in [4.78, 5) is 57.3. The van der Waals surface area contributed by atoms with E-state index in [1.54, 1.807) is 52.0 Å². The molecule has 4 aromatic rings. The third-order valence-electron chi connectivity index (χ3n) is 8.02. The number of nitrogens with one attached hydrogen (secondary N) is 3. The maximum Gasteiger partial charge on any atom is 0.328 e. The van der Waals surface area contributed by atoms with Crippen LogP contribution in [-0.4, -0.2) is 82.1 Å². The lowest BCUT2D eigenvalue weighted by Crippen LogP contribution is -2.54. The average molecular weight is 802 g/mol. The van der Waals surface area contributed by atoms with Gasteiger partial charge in [-0.05, 0) is 58.3 Å². The van der Waals surface area contributed by atoms with E-state index in [0.717, 1.165) is 42.5 Å². The lowest BCUT2D eigenvalue weighted by atomic mass is 10.1. The molecule has 0 bridgehead atoms. The Morgan fingerprint density at radius 1 is 0.811 bits per heavy atom. The molecule has 4 aromatic heterocycles. The number of hydrogen-bond acceptors (Lipinski definition) is 11. The summed E-state index contributed by atoms with van der Waals surface area (Å²) >= 11 is 3.43. The highest BCUT2D eigenvalue weighted by Gasteiger charge is 2.30. The van der Waals surface area contributed by atoms with Gasteiger partial charge in [0.2, 0.25) is 17.7 Å². The predicted octanol–water partition coefficient (Wildman–Crippen LogP) is 4.83. The zero-order valence-corrected chi connectivity index (χ0v) is 31.5. The molecule has 2 fully saturated rings. The molecule has 3 amide bonds. The molecule has 4 aliphatic heterocycles. The first kappa shape index (κ1) is 41.3. The number of carbonyl (C=O) groups is 4. The van der Waals surface area contributed by atoms with Crippen molar-refractivity contribution in [1.82, 2.24) is 20.2 Å². The Morgan fingerprint density at radius 2 is 1.32 bits per heavy atom. The summed E-state index contributed by atoms with van der Waals surface area (Å²) in [6.45, 7) is 4.67. The van der Waals surface area contributed by atoms with Gasteiger partial charge in [-0.15, -0.1) is 47.5 Å². The first-order chi connectivity index (χ1) is 24.8. The highest BCUT2D eigenvalue weighted by atomic mass is 35.5. The minimum absolute atomic E-state index is 0. The molecule has 0 atom stereocenters. The summed E-state index contributed by atoms with van der Waals surface area (Å²) in [5, 5.41) is 21.0. The molecule has 0 aliphatic carbocycles. The highest BCUT2D eigenvalue weighted by Crippen LogP contribution is 2.23. The Bertz CT molecular complexity index is 1910. The molecule has 280 valence electrons. The first-order valence-corrected chi connectivity index (χ1v) is 18.0. The van der Waals surface area contributed by atoms with Crippen molar-refractivity contribution in [2.75, 3.05) is 36.8 Å². The molecule has 4 aliphatic rings. The molecular weight excluding hydrogens is 763 g/mol. The third kappa shape index (κ3) is 12.3. The monoisotopic (exact) mass is 800 g/mol. The molecule has 17 heteroatoms. The Kier molecular flexibility index (Phi) is 15.7. The number of ether oxygens (including phenoxy) is 2. The summed E-state index contributed by atoms with van der Waals surface area (Å²) in [5.74, 6) is -0.00413. The van der Waals surface area contributed by atoms with E-state index in [9.17, 15) is 19.2 Å². The van der Waals surface area contributed by atoms with Gasteiger partial charge in [0.15, 0.2) is 0 Å². The van der Waals surface area contributed by atoms with E-state index < -0.39 is 5.97 Å². The number of aromatic nitrogens is 2. The Hall–Kier alpha value is -4.48. The Balaban J connectivity index is 0.000000191. The van der Waals surface area contributed by atoms with Gasteiger partial charge in [0, 0.05) is 71.6 Å². The van der Waals surface area contributed by atoms with E-state index in [1.165, 1.54) is 22.0 Å². The molecule has 13 nitrogen and oxygen atoms in total. The van der Waals surface area contributed by atoms with Crippen LogP contribution in [0, 0.1) is 0 Å². The van der Waals surface area contributed by atoms with Crippen LogP contribution in [0.3, 0.4) is 0 Å². The zero-order chi connectivity index (χ0) is 35.6. The van der Waals surface area contributed by atoms with Gasteiger partial charge < -0.3 is 35.4 Å². The maximum atomic E-state index is 12.2. The molecule has 2 saturated heterocycles. The van der Waals surface area contributed by atoms with Gasteiger partial charge >= 0.3 is 5.97 Å². The number of carboxylic acids is 1. The number of carboxylic acid groups (broad SMARTS) is 1. The number of likely N-dealkylation sites (tertiary alicyclic amines) is 1. The number of carbonyl (C=O) groups excluding carboxylic acids is 3. The number of pyridine rings is 2. The topological polar surface area (TPSA) is 172 Å². The van der Waals surface area contributed by atoms with E-state index in [2.05, 4.69) is 43.4 Å². The van der Waals surface area contributed by atoms with Crippen molar-refractivity contribution in [3.05, 3.63) is 104 Å². The van der Waals surface area contributed by atoms with Crippen LogP contribution in [0.5, 0.6) is 0 Å². The lowest BCUT2D eigenvalue weighted by Gasteiger charge is -2.38. The van der Waals surface area contributed by atoms with Crippen molar-refractivity contribution in [3.8, 4) is 0 Å². The van der Waals surface area contributed by atoms with Gasteiger partial charge in [0.1, 0.15) is 11.6 Å². The zero-order valence-electron chi connectivity index (χ0n) is 28.3. The van der Waals surface area contributed by atoms with Crippen molar-refractivity contribution in [1.29, 1.82) is 0 Å². The second-order valence-electron chi connectivity index (χ2n) is 11.9. The number of rotatable bonds is 10. The SMILES string of the molecule is Cl.Cl.O=C(O)/C=C/c1cnc2c(c1)CC(=O)N2.O=C1Cc2cc(/C=C/C(=O)N3CC(OCc4cccs4)C3)cnc2N1.c1csc(COC2CNC2)c1. The fraction of sp³-hybridized carbons (Fsp3) is 0.278. The van der Waals surface area contributed by atoms with Crippen LogP contribution in [0.25, 0.3) is 12.2 Å². The van der Waals surface area contributed by atoms with Crippen LogP contribution in [-0.2, 0) is 54.7 Å². The van der Waals surface area contributed by atoms with Crippen LogP contribution in [0.4, 0.5) is 11.6 Å². The van der Waals surface area contributed by atoms with Gasteiger partial charge in [0.05, 0.1) is 38.3 Å². The number of hydrogen-bond donors (Lipinski definition) is 4. The van der Waals surface area contributed by atoms with E-state index in [-0.39, 0.29) is 48.6 Å². The maximum absolute atomic E-state index is 12.2. The molecule has 0 unspecified atom stereocenters. The quantitative estimate of drug-likeness (QED) is 0.163. The van der Waals surface area contributed by atoms with Crippen molar-refractivity contribution < 1.29 is 33.8 Å². The van der Waals surface area contributed by atoms with Gasteiger partial charge in [0.25, 0.3) is 0 Å². The third-order valence-corrected chi connectivity index (χ3v) is 9.72. The fourth-order valence-electron chi connectivity index (χ4n) is 5.17. The summed E-state index contributed by atoms with van der Waals surface area (Å²) in [6.07, 6.45) is 10.1. The normalized spacial score (nSPS) is 15.7. The second-order valence-corrected chi connectivity index (χ2v) is 14.0. The number of thiophene rings is 2. The van der Waals surface area contributed by atoms with Crippen LogP contribution in [0.15, 0.2) is 71.7 Å². The van der Waals surface area contributed by atoms with Gasteiger partial charge in [-0.2, -0.15) is 0 Å². The predicted molar refractivity (Wildman–Crippen MR) is 209 cm³/mol. The molecule has 8 heterocycles. The molecule has 8 rings (SSSR count). The number of anilines is 2. The number of fused-ring (bicyclic) bond motifs is 2. The molecule has 0 aromatic carbocycles. The molecular formula is C36H38Cl2N6O7S2. The lowest BCUT2D eigenvalue weighted by molar-refractivity contribution is -0.140. The number of nitrogens with zero attached hydrogens (tertiary/aromatic N) is 3. The summed E-state index contributed by atoms with van der Waals surface area (Å²) < 4.78 is 11.3. The number of aliphatic carboxylic acids is 1. The smallest absolute Gasteiger partial charge is 0.328 e. The minimum atomic E-state index is -1.01. The largest absolute Gasteiger partial charge is 0.478 e. The number of halogens is 2. The number of amides is 3. The Labute approximate surface area is 326 Å². The average Bonchev–Trinajstić information content (AvgIpc) is 3.89. The van der Waals surface area contributed by atoms with Crippen molar-refractivity contribution in [2.45, 2.75) is 38.3 Å². The van der Waals surface area contributed by atoms with Crippen molar-refractivity contribution in [3.63, 3.8) is 0 Å². The van der Waals surface area contributed by atoms with Crippen molar-refractivity contribution >= 4 is 95.0 Å². The van der Waals surface area contributed by atoms with Crippen LogP contribution < -0.4 is 16.0 Å². The molecule has 53 heavy (non-hydrogen) atoms. The minimum Gasteiger partial charge on any atom is -0.478 e. The van der Waals surface area contributed by atoms with Crippen LogP contribution in [0.2, 0.25) is 0 Å². The van der Waals surface area contributed by atoms with Crippen LogP contribution in [0.1, 0.15) is 32.0 Å². The van der Waals surface area contributed by atoms with E-state index in [0.29, 0.717) is 55.8 Å².